The predicted molar refractivity (Wildman–Crippen MR) is 167 cm³/mol. The lowest BCUT2D eigenvalue weighted by Gasteiger charge is -2.22. The minimum atomic E-state index is -4.24. The monoisotopic (exact) mass is 644 g/mol. The van der Waals surface area contributed by atoms with Gasteiger partial charge in [0.15, 0.2) is 6.35 Å². The number of hydrogen-bond donors (Lipinski definition) is 1. The molecular weight excluding hydrogens is 602 g/mol. The number of hydrogen-bond acceptors (Lipinski definition) is 9. The van der Waals surface area contributed by atoms with Crippen molar-refractivity contribution in [2.45, 2.75) is 68.2 Å². The van der Waals surface area contributed by atoms with E-state index < -0.39 is 43.5 Å². The van der Waals surface area contributed by atoms with Gasteiger partial charge in [0.1, 0.15) is 17.3 Å². The van der Waals surface area contributed by atoms with E-state index in [4.69, 9.17) is 23.6 Å². The minimum Gasteiger partial charge on any atom is -0.508 e. The van der Waals surface area contributed by atoms with Crippen LogP contribution in [0.3, 0.4) is 0 Å². The van der Waals surface area contributed by atoms with Crippen molar-refractivity contribution in [1.82, 2.24) is 0 Å². The van der Waals surface area contributed by atoms with Crippen molar-refractivity contribution >= 4 is 19.5 Å². The summed E-state index contributed by atoms with van der Waals surface area (Å²) in [5.41, 5.74) is 3.65. The van der Waals surface area contributed by atoms with Gasteiger partial charge in [0.25, 0.3) is 0 Å². The molecule has 0 amide bonds. The number of carbonyl (C=O) groups is 2. The zero-order valence-corrected chi connectivity index (χ0v) is 28.0. The second-order valence-electron chi connectivity index (χ2n) is 13.0. The fraction of sp³-hybridized carbons (Fsp3) is 0.412. The highest BCUT2D eigenvalue weighted by atomic mass is 31.2. The molecule has 0 bridgehead atoms. The first-order valence-corrected chi connectivity index (χ1v) is 16.2. The van der Waals surface area contributed by atoms with Crippen LogP contribution in [0, 0.1) is 30.5 Å². The fourth-order valence-electron chi connectivity index (χ4n) is 4.06. The highest BCUT2D eigenvalue weighted by Crippen LogP contribution is 2.49. The largest absolute Gasteiger partial charge is 0.508 e. The van der Waals surface area contributed by atoms with Crippen LogP contribution in [0.1, 0.15) is 74.9 Å². The Kier molecular flexibility index (Phi) is 11.6. The van der Waals surface area contributed by atoms with Crippen molar-refractivity contribution in [3.8, 4) is 11.5 Å². The van der Waals surface area contributed by atoms with E-state index in [1.807, 2.05) is 26.0 Å². The van der Waals surface area contributed by atoms with Crippen LogP contribution >= 0.6 is 7.60 Å². The molecule has 3 aromatic rings. The maximum absolute atomic E-state index is 13.5. The van der Waals surface area contributed by atoms with E-state index in [1.54, 1.807) is 71.9 Å². The molecule has 0 radical (unpaired) electrons. The van der Waals surface area contributed by atoms with Crippen LogP contribution in [0.2, 0.25) is 0 Å². The average molecular weight is 645 g/mol. The van der Waals surface area contributed by atoms with Gasteiger partial charge >= 0.3 is 19.5 Å². The molecule has 9 nitrogen and oxygen atoms in total. The lowest BCUT2D eigenvalue weighted by atomic mass is 9.93. The lowest BCUT2D eigenvalue weighted by molar-refractivity contribution is -0.230. The second-order valence-corrected chi connectivity index (χ2v) is 14.9. The molecule has 1 atom stereocenters. The number of aryl methyl sites for hydroxylation is 2. The Balaban J connectivity index is 1.74. The molecule has 0 heterocycles. The topological polar surface area (TPSA) is 118 Å². The highest BCUT2D eigenvalue weighted by Gasteiger charge is 2.34. The van der Waals surface area contributed by atoms with Crippen LogP contribution in [-0.2, 0) is 45.8 Å². The number of carbonyl (C=O) groups excluding carboxylic acids is 2. The number of aromatic hydroxyl groups is 1. The molecule has 244 valence electrons. The van der Waals surface area contributed by atoms with Crippen LogP contribution < -0.4 is 4.74 Å². The summed E-state index contributed by atoms with van der Waals surface area (Å²) in [7, 11) is -4.24. The van der Waals surface area contributed by atoms with Crippen molar-refractivity contribution < 1.29 is 47.2 Å². The Morgan fingerprint density at radius 3 is 1.98 bits per heavy atom. The van der Waals surface area contributed by atoms with Gasteiger partial charge in [-0.2, -0.15) is 0 Å². The lowest BCUT2D eigenvalue weighted by Crippen LogP contribution is -2.25. The molecule has 0 saturated heterocycles. The highest BCUT2D eigenvalue weighted by molar-refractivity contribution is 7.53. The van der Waals surface area contributed by atoms with Gasteiger partial charge in [0, 0.05) is 6.42 Å². The minimum absolute atomic E-state index is 0.162. The summed E-state index contributed by atoms with van der Waals surface area (Å²) < 4.78 is 47.8. The number of halogens is 1. The van der Waals surface area contributed by atoms with Crippen molar-refractivity contribution in [2.24, 2.45) is 10.8 Å². The third-order valence-corrected chi connectivity index (χ3v) is 8.03. The fourth-order valence-corrected chi connectivity index (χ4v) is 4.92. The molecule has 1 N–H and O–H groups in total. The number of phenols is 1. The number of benzene rings is 3. The SMILES string of the molecule is Cc1cc(OCP(=O)(OCOC(=O)C(C)(C)C)OOC(=O)C(C)(C)C)cc(C)c1Cc1ccc(O)c(Cc2ccc(F)cc2)c1. The van der Waals surface area contributed by atoms with Crippen LogP contribution in [0.5, 0.6) is 11.5 Å². The first-order chi connectivity index (χ1) is 20.9. The Morgan fingerprint density at radius 1 is 0.822 bits per heavy atom. The van der Waals surface area contributed by atoms with Gasteiger partial charge in [-0.25, -0.2) is 9.18 Å². The Labute approximate surface area is 264 Å². The van der Waals surface area contributed by atoms with Crippen molar-refractivity contribution in [2.75, 3.05) is 13.1 Å². The summed E-state index contributed by atoms with van der Waals surface area (Å²) >= 11 is 0. The van der Waals surface area contributed by atoms with Gasteiger partial charge in [-0.1, -0.05) is 28.9 Å². The molecule has 0 fully saturated rings. The smallest absolute Gasteiger partial charge is 0.408 e. The molecule has 0 aromatic heterocycles. The van der Waals surface area contributed by atoms with Crippen LogP contribution in [0.4, 0.5) is 4.39 Å². The Bertz CT molecular complexity index is 1530. The first-order valence-electron chi connectivity index (χ1n) is 14.5. The third-order valence-electron chi connectivity index (χ3n) is 6.78. The molecular formula is C34H42FO9P. The summed E-state index contributed by atoms with van der Waals surface area (Å²) in [6, 6.07) is 15.1. The molecule has 0 aliphatic heterocycles. The standard InChI is InChI=1S/C34H42FO9P/c1-22-15-28(41-21-45(39,44-43-32(38)34(6,7)8)42-20-40-31(37)33(3,4)5)16-23(2)29(22)19-25-11-14-30(36)26(18-25)17-24-9-12-27(35)13-10-24/h9-16,18,36H,17,19-21H2,1-8H3. The average Bonchev–Trinajstić information content (AvgIpc) is 2.94. The molecule has 0 saturated carbocycles. The zero-order chi connectivity index (χ0) is 33.6. The van der Waals surface area contributed by atoms with E-state index >= 15 is 0 Å². The molecule has 45 heavy (non-hydrogen) atoms. The van der Waals surface area contributed by atoms with Crippen LogP contribution in [0.25, 0.3) is 0 Å². The second kappa shape index (κ2) is 14.6. The third kappa shape index (κ3) is 10.7. The summed E-state index contributed by atoms with van der Waals surface area (Å²) in [5, 5.41) is 10.4. The molecule has 0 aliphatic rings. The van der Waals surface area contributed by atoms with E-state index in [0.29, 0.717) is 18.6 Å². The summed E-state index contributed by atoms with van der Waals surface area (Å²) in [4.78, 5) is 29.2. The number of phenolic OH excluding ortho intramolecular Hbond substituents is 1. The van der Waals surface area contributed by atoms with Crippen LogP contribution in [0.15, 0.2) is 54.6 Å². The van der Waals surface area contributed by atoms with E-state index in [0.717, 1.165) is 33.4 Å². The zero-order valence-electron chi connectivity index (χ0n) is 27.1. The Hall–Kier alpha value is -3.72. The summed E-state index contributed by atoms with van der Waals surface area (Å²) in [6.07, 6.45) is 0.400. The predicted octanol–water partition coefficient (Wildman–Crippen LogP) is 7.94. The molecule has 0 aliphatic carbocycles. The number of ether oxygens (including phenoxy) is 2. The number of esters is 1. The molecule has 0 spiro atoms. The molecule has 11 heteroatoms. The molecule has 3 aromatic carbocycles. The van der Waals surface area contributed by atoms with Crippen molar-refractivity contribution in [1.29, 1.82) is 0 Å². The van der Waals surface area contributed by atoms with Gasteiger partial charge in [0.05, 0.1) is 10.8 Å². The normalized spacial score (nSPS) is 13.2. The summed E-state index contributed by atoms with van der Waals surface area (Å²) in [5.74, 6) is -1.14. The van der Waals surface area contributed by atoms with Gasteiger partial charge in [-0.15, -0.1) is 0 Å². The van der Waals surface area contributed by atoms with E-state index in [-0.39, 0.29) is 11.6 Å². The van der Waals surface area contributed by atoms with E-state index in [9.17, 15) is 23.7 Å². The maximum Gasteiger partial charge on any atom is 0.408 e. The Morgan fingerprint density at radius 2 is 1.40 bits per heavy atom. The van der Waals surface area contributed by atoms with Crippen molar-refractivity contribution in [3.05, 3.63) is 93.8 Å². The van der Waals surface area contributed by atoms with Gasteiger partial charge < -0.3 is 14.6 Å². The summed E-state index contributed by atoms with van der Waals surface area (Å²) in [6.45, 7) is 12.9. The van der Waals surface area contributed by atoms with Gasteiger partial charge in [-0.05, 0) is 126 Å². The molecule has 3 rings (SSSR count). The van der Waals surface area contributed by atoms with E-state index in [1.165, 1.54) is 12.1 Å². The first kappa shape index (κ1) is 35.8. The van der Waals surface area contributed by atoms with Gasteiger partial charge in [-0.3, -0.25) is 18.8 Å². The van der Waals surface area contributed by atoms with Crippen LogP contribution in [-0.4, -0.2) is 30.2 Å². The van der Waals surface area contributed by atoms with E-state index in [2.05, 4.69) is 0 Å². The quantitative estimate of drug-likeness (QED) is 0.0689. The number of rotatable bonds is 12. The maximum atomic E-state index is 13.5. The molecule has 1 unspecified atom stereocenters. The van der Waals surface area contributed by atoms with Gasteiger partial charge in [0.2, 0.25) is 6.79 Å². The van der Waals surface area contributed by atoms with Crippen molar-refractivity contribution in [3.63, 3.8) is 0 Å².